The summed E-state index contributed by atoms with van der Waals surface area (Å²) in [7, 11) is -2.94. The third-order valence-corrected chi connectivity index (χ3v) is 5.63. The molecule has 4 nitrogen and oxygen atoms in total. The van der Waals surface area contributed by atoms with E-state index in [1.165, 1.54) is 0 Å². The van der Waals surface area contributed by atoms with Crippen molar-refractivity contribution in [2.45, 2.75) is 24.8 Å². The number of halogens is 1. The maximum atomic E-state index is 11.8. The average molecular weight is 299 g/mol. The molecule has 1 aliphatic heterocycles. The molecule has 1 unspecified atom stereocenters. The molecule has 2 aromatic rings. The first kappa shape index (κ1) is 12.9. The van der Waals surface area contributed by atoms with Crippen LogP contribution in [0.1, 0.15) is 24.7 Å². The maximum Gasteiger partial charge on any atom is 0.152 e. The topological polar surface area (TPSA) is 52.0 Å². The first-order valence-corrected chi connectivity index (χ1v) is 8.68. The van der Waals surface area contributed by atoms with Gasteiger partial charge in [-0.05, 0) is 25.0 Å². The van der Waals surface area contributed by atoms with Gasteiger partial charge in [-0.3, -0.25) is 0 Å². The van der Waals surface area contributed by atoms with E-state index >= 15 is 0 Å². The van der Waals surface area contributed by atoms with Gasteiger partial charge in [0.05, 0.1) is 28.4 Å². The van der Waals surface area contributed by atoms with E-state index in [2.05, 4.69) is 4.98 Å². The molecule has 1 aromatic carbocycles. The minimum atomic E-state index is -2.94. The van der Waals surface area contributed by atoms with Crippen LogP contribution in [-0.2, 0) is 15.7 Å². The lowest BCUT2D eigenvalue weighted by Gasteiger charge is -2.25. The molecule has 1 saturated heterocycles. The molecule has 0 saturated carbocycles. The molecule has 1 aliphatic rings. The third kappa shape index (κ3) is 2.37. The van der Waals surface area contributed by atoms with Crippen LogP contribution < -0.4 is 0 Å². The van der Waals surface area contributed by atoms with E-state index in [1.54, 1.807) is 0 Å². The predicted octanol–water partition coefficient (Wildman–Crippen LogP) is 2.52. The van der Waals surface area contributed by atoms with Gasteiger partial charge in [-0.25, -0.2) is 13.4 Å². The van der Waals surface area contributed by atoms with Crippen LogP contribution in [0.2, 0.25) is 0 Å². The highest BCUT2D eigenvalue weighted by molar-refractivity contribution is 7.91. The number of para-hydroxylation sites is 2. The van der Waals surface area contributed by atoms with Gasteiger partial charge < -0.3 is 4.57 Å². The number of alkyl halides is 1. The molecule has 0 amide bonds. The number of rotatable bonds is 2. The van der Waals surface area contributed by atoms with Gasteiger partial charge >= 0.3 is 0 Å². The fraction of sp³-hybridized carbons (Fsp3) is 0.462. The van der Waals surface area contributed by atoms with Gasteiger partial charge in [0, 0.05) is 6.04 Å². The maximum absolute atomic E-state index is 11.8. The lowest BCUT2D eigenvalue weighted by atomic mass is 10.1. The highest BCUT2D eigenvalue weighted by Gasteiger charge is 2.28. The Balaban J connectivity index is 2.13. The van der Waals surface area contributed by atoms with Gasteiger partial charge in [-0.15, -0.1) is 11.6 Å². The lowest BCUT2D eigenvalue weighted by molar-refractivity contribution is 0.471. The summed E-state index contributed by atoms with van der Waals surface area (Å²) in [4.78, 5) is 4.49. The summed E-state index contributed by atoms with van der Waals surface area (Å²) in [5.41, 5.74) is 1.85. The molecular weight excluding hydrogens is 284 g/mol. The Hall–Kier alpha value is -1.07. The highest BCUT2D eigenvalue weighted by atomic mass is 35.5. The van der Waals surface area contributed by atoms with E-state index in [1.807, 2.05) is 28.8 Å². The van der Waals surface area contributed by atoms with Crippen molar-refractivity contribution in [3.05, 3.63) is 30.1 Å². The third-order valence-electron chi connectivity index (χ3n) is 3.59. The lowest BCUT2D eigenvalue weighted by Crippen LogP contribution is -2.28. The van der Waals surface area contributed by atoms with E-state index in [0.29, 0.717) is 18.1 Å². The van der Waals surface area contributed by atoms with Crippen LogP contribution in [0.5, 0.6) is 0 Å². The zero-order chi connectivity index (χ0) is 13.5. The number of aromatic nitrogens is 2. The molecule has 0 radical (unpaired) electrons. The van der Waals surface area contributed by atoms with Crippen LogP contribution in [0.15, 0.2) is 24.3 Å². The van der Waals surface area contributed by atoms with Crippen molar-refractivity contribution >= 4 is 32.5 Å². The fourth-order valence-electron chi connectivity index (χ4n) is 2.80. The molecule has 0 N–H and O–H groups in total. The first-order chi connectivity index (χ1) is 9.11. The standard InChI is InChI=1S/C13H15ClN2O2S/c14-8-13-15-11-5-1-2-6-12(11)16(13)10-4-3-7-19(17,18)9-10/h1-2,5-6,10H,3-4,7-9H2. The quantitative estimate of drug-likeness (QED) is 0.801. The minimum absolute atomic E-state index is 0.0418. The molecule has 3 rings (SSSR count). The minimum Gasteiger partial charge on any atom is -0.323 e. The molecule has 0 aliphatic carbocycles. The van der Waals surface area contributed by atoms with Gasteiger partial charge in [0.15, 0.2) is 9.84 Å². The van der Waals surface area contributed by atoms with Crippen LogP contribution in [0.3, 0.4) is 0 Å². The monoisotopic (exact) mass is 298 g/mol. The summed E-state index contributed by atoms with van der Waals surface area (Å²) in [6, 6.07) is 7.73. The van der Waals surface area contributed by atoms with Crippen molar-refractivity contribution in [3.8, 4) is 0 Å². The summed E-state index contributed by atoms with van der Waals surface area (Å²) in [5, 5.41) is 0. The normalized spacial score (nSPS) is 22.7. The van der Waals surface area contributed by atoms with Crippen molar-refractivity contribution in [1.29, 1.82) is 0 Å². The van der Waals surface area contributed by atoms with Crippen molar-refractivity contribution < 1.29 is 8.42 Å². The van der Waals surface area contributed by atoms with E-state index in [0.717, 1.165) is 23.3 Å². The number of benzene rings is 1. The molecular formula is C13H15ClN2O2S. The number of sulfone groups is 1. The predicted molar refractivity (Wildman–Crippen MR) is 76.2 cm³/mol. The van der Waals surface area contributed by atoms with Crippen molar-refractivity contribution in [1.82, 2.24) is 9.55 Å². The van der Waals surface area contributed by atoms with Crippen molar-refractivity contribution in [2.75, 3.05) is 11.5 Å². The SMILES string of the molecule is O=S1(=O)CCCC(n2c(CCl)nc3ccccc32)C1. The van der Waals surface area contributed by atoms with Gasteiger partial charge in [-0.1, -0.05) is 12.1 Å². The van der Waals surface area contributed by atoms with E-state index in [-0.39, 0.29) is 11.8 Å². The summed E-state index contributed by atoms with van der Waals surface area (Å²) >= 11 is 5.96. The molecule has 19 heavy (non-hydrogen) atoms. The van der Waals surface area contributed by atoms with Crippen molar-refractivity contribution in [3.63, 3.8) is 0 Å². The number of imidazole rings is 1. The van der Waals surface area contributed by atoms with Gasteiger partial charge in [0.1, 0.15) is 5.82 Å². The summed E-state index contributed by atoms with van der Waals surface area (Å²) in [5.74, 6) is 1.54. The second-order valence-electron chi connectivity index (χ2n) is 4.93. The zero-order valence-electron chi connectivity index (χ0n) is 10.4. The molecule has 1 atom stereocenters. The highest BCUT2D eigenvalue weighted by Crippen LogP contribution is 2.29. The van der Waals surface area contributed by atoms with Crippen LogP contribution in [0, 0.1) is 0 Å². The molecule has 102 valence electrons. The Morgan fingerprint density at radius 1 is 1.37 bits per heavy atom. The van der Waals surface area contributed by atoms with E-state index < -0.39 is 9.84 Å². The molecule has 6 heteroatoms. The fourth-order valence-corrected chi connectivity index (χ4v) is 4.66. The molecule has 0 spiro atoms. The van der Waals surface area contributed by atoms with Crippen molar-refractivity contribution in [2.24, 2.45) is 0 Å². The Morgan fingerprint density at radius 3 is 2.89 bits per heavy atom. The van der Waals surface area contributed by atoms with Crippen LogP contribution in [0.4, 0.5) is 0 Å². The molecule has 2 heterocycles. The summed E-state index contributed by atoms with van der Waals surface area (Å²) < 4.78 is 25.7. The van der Waals surface area contributed by atoms with Gasteiger partial charge in [-0.2, -0.15) is 0 Å². The number of hydrogen-bond acceptors (Lipinski definition) is 3. The van der Waals surface area contributed by atoms with Crippen LogP contribution in [0.25, 0.3) is 11.0 Å². The zero-order valence-corrected chi connectivity index (χ0v) is 12.0. The Morgan fingerprint density at radius 2 is 2.16 bits per heavy atom. The smallest absolute Gasteiger partial charge is 0.152 e. The summed E-state index contributed by atoms with van der Waals surface area (Å²) in [6.07, 6.45) is 1.57. The first-order valence-electron chi connectivity index (χ1n) is 6.33. The largest absolute Gasteiger partial charge is 0.323 e. The second kappa shape index (κ2) is 4.80. The van der Waals surface area contributed by atoms with Crippen LogP contribution >= 0.6 is 11.6 Å². The Labute approximate surface area is 117 Å². The molecule has 0 bridgehead atoms. The Kier molecular flexibility index (Phi) is 3.27. The number of nitrogens with zero attached hydrogens (tertiary/aromatic N) is 2. The second-order valence-corrected chi connectivity index (χ2v) is 7.43. The molecule has 1 fully saturated rings. The number of hydrogen-bond donors (Lipinski definition) is 0. The summed E-state index contributed by atoms with van der Waals surface area (Å²) in [6.45, 7) is 0. The van der Waals surface area contributed by atoms with Gasteiger partial charge in [0.25, 0.3) is 0 Å². The van der Waals surface area contributed by atoms with E-state index in [9.17, 15) is 8.42 Å². The Bertz CT molecular complexity index is 709. The number of fused-ring (bicyclic) bond motifs is 1. The van der Waals surface area contributed by atoms with Crippen LogP contribution in [-0.4, -0.2) is 29.5 Å². The average Bonchev–Trinajstić information content (AvgIpc) is 2.75. The molecule has 1 aromatic heterocycles. The van der Waals surface area contributed by atoms with E-state index in [4.69, 9.17) is 11.6 Å². The van der Waals surface area contributed by atoms with Gasteiger partial charge in [0.2, 0.25) is 0 Å².